The lowest BCUT2D eigenvalue weighted by Crippen LogP contribution is -2.34. The summed E-state index contributed by atoms with van der Waals surface area (Å²) >= 11 is 0. The Morgan fingerprint density at radius 1 is 0.688 bits per heavy atom. The lowest BCUT2D eigenvalue weighted by atomic mass is 10.1. The molecule has 0 atom stereocenters. The highest BCUT2D eigenvalue weighted by atomic mass is 16.2. The van der Waals surface area contributed by atoms with E-state index < -0.39 is 0 Å². The largest absolute Gasteiger partial charge is 0.350 e. The second-order valence-electron chi connectivity index (χ2n) is 7.35. The van der Waals surface area contributed by atoms with E-state index in [-0.39, 0.29) is 17.8 Å². The van der Waals surface area contributed by atoms with Gasteiger partial charge in [-0.15, -0.1) is 0 Å². The minimum absolute atomic E-state index is 0.186. The average Bonchev–Trinajstić information content (AvgIpc) is 2.79. The van der Waals surface area contributed by atoms with E-state index in [1.807, 2.05) is 38.1 Å². The van der Waals surface area contributed by atoms with Crippen LogP contribution in [0, 0.1) is 13.8 Å². The summed E-state index contributed by atoms with van der Waals surface area (Å²) in [6.07, 6.45) is 0. The molecule has 0 aromatic heterocycles. The summed E-state index contributed by atoms with van der Waals surface area (Å²) in [7, 11) is 0. The van der Waals surface area contributed by atoms with Crippen LogP contribution >= 0.6 is 0 Å². The summed E-state index contributed by atoms with van der Waals surface area (Å²) < 4.78 is 0. The van der Waals surface area contributed by atoms with Gasteiger partial charge in [0.25, 0.3) is 11.8 Å². The van der Waals surface area contributed by atoms with Crippen LogP contribution in [0.4, 0.5) is 16.2 Å². The van der Waals surface area contributed by atoms with E-state index >= 15 is 0 Å². The molecule has 0 saturated heterocycles. The summed E-state index contributed by atoms with van der Waals surface area (Å²) in [5, 5.41) is 11.1. The van der Waals surface area contributed by atoms with Gasteiger partial charge in [0.2, 0.25) is 0 Å². The fourth-order valence-corrected chi connectivity index (χ4v) is 3.09. The number of carbonyl (C=O) groups excluding carboxylic acids is 3. The van der Waals surface area contributed by atoms with Crippen molar-refractivity contribution in [2.75, 3.05) is 23.7 Å². The third kappa shape index (κ3) is 6.43. The van der Waals surface area contributed by atoms with E-state index in [9.17, 15) is 14.4 Å². The molecule has 0 aliphatic carbocycles. The van der Waals surface area contributed by atoms with Gasteiger partial charge in [-0.3, -0.25) is 9.59 Å². The van der Waals surface area contributed by atoms with Gasteiger partial charge in [-0.2, -0.15) is 0 Å². The molecule has 4 N–H and O–H groups in total. The molecule has 7 nitrogen and oxygen atoms in total. The van der Waals surface area contributed by atoms with Crippen LogP contribution in [0.15, 0.2) is 72.8 Å². The van der Waals surface area contributed by atoms with Gasteiger partial charge in [-0.25, -0.2) is 4.79 Å². The third-order valence-electron chi connectivity index (χ3n) is 4.77. The van der Waals surface area contributed by atoms with Gasteiger partial charge in [0.15, 0.2) is 0 Å². The Bertz CT molecular complexity index is 1100. The lowest BCUT2D eigenvalue weighted by molar-refractivity contribution is 0.0927. The molecule has 0 spiro atoms. The minimum atomic E-state index is -0.358. The normalized spacial score (nSPS) is 10.2. The highest BCUT2D eigenvalue weighted by Gasteiger charge is 2.08. The molecule has 4 amide bonds. The van der Waals surface area contributed by atoms with Gasteiger partial charge in [0.05, 0.1) is 0 Å². The maximum atomic E-state index is 12.3. The summed E-state index contributed by atoms with van der Waals surface area (Å²) in [6, 6.07) is 20.9. The highest BCUT2D eigenvalue weighted by Crippen LogP contribution is 2.17. The maximum absolute atomic E-state index is 12.3. The van der Waals surface area contributed by atoms with Crippen LogP contribution in [-0.2, 0) is 0 Å². The molecule has 3 rings (SSSR count). The average molecular weight is 431 g/mol. The van der Waals surface area contributed by atoms with Crippen molar-refractivity contribution in [3.8, 4) is 0 Å². The Morgan fingerprint density at radius 2 is 1.28 bits per heavy atom. The number of benzene rings is 3. The monoisotopic (exact) mass is 430 g/mol. The molecule has 0 bridgehead atoms. The van der Waals surface area contributed by atoms with Crippen molar-refractivity contribution in [3.63, 3.8) is 0 Å². The SMILES string of the molecule is Cc1ccc(NC(=O)Nc2ccc(C(=O)NCCNC(=O)c3ccccc3)cc2)c(C)c1. The third-order valence-corrected chi connectivity index (χ3v) is 4.77. The smallest absolute Gasteiger partial charge is 0.323 e. The quantitative estimate of drug-likeness (QED) is 0.425. The van der Waals surface area contributed by atoms with Crippen molar-refractivity contribution in [1.82, 2.24) is 10.6 Å². The zero-order valence-corrected chi connectivity index (χ0v) is 18.1. The van der Waals surface area contributed by atoms with E-state index in [1.165, 1.54) is 0 Å². The predicted octanol–water partition coefficient (Wildman–Crippen LogP) is 4.11. The summed E-state index contributed by atoms with van der Waals surface area (Å²) in [4.78, 5) is 36.5. The van der Waals surface area contributed by atoms with Gasteiger partial charge in [0.1, 0.15) is 0 Å². The standard InChI is InChI=1S/C25H26N4O3/c1-17-8-13-22(18(2)16-17)29-25(32)28-21-11-9-20(10-12-21)24(31)27-15-14-26-23(30)19-6-4-3-5-7-19/h3-13,16H,14-15H2,1-2H3,(H,26,30)(H,27,31)(H2,28,29,32). The number of aryl methyl sites for hydroxylation is 2. The second-order valence-corrected chi connectivity index (χ2v) is 7.35. The molecular formula is C25H26N4O3. The Hall–Kier alpha value is -4.13. The zero-order chi connectivity index (χ0) is 22.9. The Labute approximate surface area is 187 Å². The molecule has 7 heteroatoms. The molecule has 164 valence electrons. The van der Waals surface area contributed by atoms with E-state index in [4.69, 9.17) is 0 Å². The van der Waals surface area contributed by atoms with Crippen LogP contribution in [0.5, 0.6) is 0 Å². The first-order chi connectivity index (χ1) is 15.4. The molecule has 3 aromatic rings. The number of hydrogen-bond acceptors (Lipinski definition) is 3. The number of carbonyl (C=O) groups is 3. The summed E-state index contributed by atoms with van der Waals surface area (Å²) in [5.41, 5.74) is 4.44. The summed E-state index contributed by atoms with van der Waals surface area (Å²) in [6.45, 7) is 4.55. The van der Waals surface area contributed by atoms with Crippen molar-refractivity contribution >= 4 is 29.2 Å². The van der Waals surface area contributed by atoms with Crippen molar-refractivity contribution in [3.05, 3.63) is 95.1 Å². The van der Waals surface area contributed by atoms with E-state index in [1.54, 1.807) is 48.5 Å². The van der Waals surface area contributed by atoms with Crippen LogP contribution in [0.3, 0.4) is 0 Å². The van der Waals surface area contributed by atoms with Crippen LogP contribution < -0.4 is 21.3 Å². The number of rotatable bonds is 7. The highest BCUT2D eigenvalue weighted by molar-refractivity contribution is 6.01. The first kappa shape index (κ1) is 22.6. The Balaban J connectivity index is 1.43. The molecule has 32 heavy (non-hydrogen) atoms. The molecule has 0 saturated carbocycles. The van der Waals surface area contributed by atoms with Crippen molar-refractivity contribution in [1.29, 1.82) is 0 Å². The van der Waals surface area contributed by atoms with Crippen molar-refractivity contribution in [2.45, 2.75) is 13.8 Å². The lowest BCUT2D eigenvalue weighted by Gasteiger charge is -2.11. The number of hydrogen-bond donors (Lipinski definition) is 4. The first-order valence-corrected chi connectivity index (χ1v) is 10.3. The molecule has 0 unspecified atom stereocenters. The first-order valence-electron chi connectivity index (χ1n) is 10.3. The molecule has 0 radical (unpaired) electrons. The van der Waals surface area contributed by atoms with Crippen LogP contribution in [0.2, 0.25) is 0 Å². The van der Waals surface area contributed by atoms with Gasteiger partial charge >= 0.3 is 6.03 Å². The molecule has 0 heterocycles. The number of anilines is 2. The van der Waals surface area contributed by atoms with E-state index in [0.717, 1.165) is 16.8 Å². The molecule has 3 aromatic carbocycles. The van der Waals surface area contributed by atoms with Crippen LogP contribution in [0.25, 0.3) is 0 Å². The van der Waals surface area contributed by atoms with Gasteiger partial charge in [-0.1, -0.05) is 35.9 Å². The van der Waals surface area contributed by atoms with Crippen LogP contribution in [-0.4, -0.2) is 30.9 Å². The minimum Gasteiger partial charge on any atom is -0.350 e. The van der Waals surface area contributed by atoms with Gasteiger partial charge < -0.3 is 21.3 Å². The van der Waals surface area contributed by atoms with E-state index in [2.05, 4.69) is 21.3 Å². The Morgan fingerprint density at radius 3 is 1.88 bits per heavy atom. The zero-order valence-electron chi connectivity index (χ0n) is 18.1. The van der Waals surface area contributed by atoms with Gasteiger partial charge in [0, 0.05) is 35.6 Å². The molecule has 0 aliphatic heterocycles. The maximum Gasteiger partial charge on any atom is 0.323 e. The van der Waals surface area contributed by atoms with Crippen LogP contribution in [0.1, 0.15) is 31.8 Å². The van der Waals surface area contributed by atoms with Gasteiger partial charge in [-0.05, 0) is 61.9 Å². The number of amides is 4. The number of nitrogens with one attached hydrogen (secondary N) is 4. The Kier molecular flexibility index (Phi) is 7.59. The number of urea groups is 1. The van der Waals surface area contributed by atoms with Crippen molar-refractivity contribution in [2.24, 2.45) is 0 Å². The van der Waals surface area contributed by atoms with Crippen molar-refractivity contribution < 1.29 is 14.4 Å². The molecular weight excluding hydrogens is 404 g/mol. The molecule has 0 fully saturated rings. The fraction of sp³-hybridized carbons (Fsp3) is 0.160. The topological polar surface area (TPSA) is 99.3 Å². The van der Waals surface area contributed by atoms with E-state index in [0.29, 0.717) is 29.9 Å². The second kappa shape index (κ2) is 10.8. The summed E-state index contributed by atoms with van der Waals surface area (Å²) in [5.74, 6) is -0.445. The fourth-order valence-electron chi connectivity index (χ4n) is 3.09. The molecule has 0 aliphatic rings. The predicted molar refractivity (Wildman–Crippen MR) is 126 cm³/mol.